The number of fused-ring (bicyclic) bond motifs is 1. The van der Waals surface area contributed by atoms with Gasteiger partial charge in [0.2, 0.25) is 5.43 Å². The quantitative estimate of drug-likeness (QED) is 0.245. The summed E-state index contributed by atoms with van der Waals surface area (Å²) in [5.74, 6) is 1.62. The van der Waals surface area contributed by atoms with Gasteiger partial charge in [-0.2, -0.15) is 0 Å². The molecule has 0 atom stereocenters. The molecule has 0 spiro atoms. The number of ether oxygens (including phenoxy) is 1. The van der Waals surface area contributed by atoms with E-state index in [2.05, 4.69) is 61.0 Å². The molecule has 1 aliphatic carbocycles. The van der Waals surface area contributed by atoms with E-state index in [1.165, 1.54) is 29.8 Å². The molecule has 1 saturated carbocycles. The molecule has 2 aromatic rings. The first-order valence-electron chi connectivity index (χ1n) is 17.7. The lowest BCUT2D eigenvalue weighted by Gasteiger charge is -2.30. The molecule has 2 aliphatic heterocycles. The van der Waals surface area contributed by atoms with Crippen LogP contribution in [0.2, 0.25) is 0 Å². The number of nitrogens with zero attached hydrogens (tertiary/aromatic N) is 4. The van der Waals surface area contributed by atoms with E-state index in [9.17, 15) is 9.59 Å². The van der Waals surface area contributed by atoms with E-state index < -0.39 is 0 Å². The average molecular weight is 687 g/mol. The Morgan fingerprint density at radius 3 is 2.43 bits per heavy atom. The van der Waals surface area contributed by atoms with Crippen LogP contribution in [0.5, 0.6) is 0 Å². The maximum atomic E-state index is 12.6. The molecular formula is C40H54N4O4S. The second kappa shape index (κ2) is 18.2. The third-order valence-corrected chi connectivity index (χ3v) is 9.94. The van der Waals surface area contributed by atoms with Gasteiger partial charge in [0, 0.05) is 61.5 Å². The molecule has 0 radical (unpaired) electrons. The molecule has 2 fully saturated rings. The van der Waals surface area contributed by atoms with Crippen molar-refractivity contribution in [1.82, 2.24) is 9.80 Å². The Bertz CT molecular complexity index is 1740. The van der Waals surface area contributed by atoms with Crippen molar-refractivity contribution in [1.29, 1.82) is 0 Å². The Morgan fingerprint density at radius 1 is 1.10 bits per heavy atom. The Kier molecular flexibility index (Phi) is 14.0. The predicted molar refractivity (Wildman–Crippen MR) is 206 cm³/mol. The minimum Gasteiger partial charge on any atom is -0.439 e. The molecule has 8 nitrogen and oxygen atoms in total. The molecule has 0 bridgehead atoms. The van der Waals surface area contributed by atoms with Crippen molar-refractivity contribution in [2.45, 2.75) is 86.1 Å². The third kappa shape index (κ3) is 9.40. The number of hydrogen-bond acceptors (Lipinski definition) is 7. The van der Waals surface area contributed by atoms with Gasteiger partial charge in [-0.25, -0.2) is 4.99 Å². The highest BCUT2D eigenvalue weighted by atomic mass is 32.1. The van der Waals surface area contributed by atoms with Gasteiger partial charge in [-0.1, -0.05) is 68.7 Å². The second-order valence-corrected chi connectivity index (χ2v) is 13.7. The second-order valence-electron chi connectivity index (χ2n) is 12.8. The van der Waals surface area contributed by atoms with E-state index in [-0.39, 0.29) is 11.3 Å². The van der Waals surface area contributed by atoms with Gasteiger partial charge in [0.05, 0.1) is 13.2 Å². The van der Waals surface area contributed by atoms with E-state index in [0.29, 0.717) is 35.4 Å². The molecule has 0 aromatic carbocycles. The minimum absolute atomic E-state index is 0.0177. The molecule has 2 aromatic heterocycles. The first kappa shape index (κ1) is 37.9. The molecule has 5 rings (SSSR count). The maximum Gasteiger partial charge on any atom is 0.270 e. The normalized spacial score (nSPS) is 19.8. The van der Waals surface area contributed by atoms with E-state index in [0.717, 1.165) is 72.7 Å². The highest BCUT2D eigenvalue weighted by Gasteiger charge is 2.37. The summed E-state index contributed by atoms with van der Waals surface area (Å²) in [6.07, 6.45) is 21.2. The first-order chi connectivity index (χ1) is 23.6. The van der Waals surface area contributed by atoms with Crippen molar-refractivity contribution in [3.05, 3.63) is 92.3 Å². The van der Waals surface area contributed by atoms with Crippen LogP contribution in [0.15, 0.2) is 90.7 Å². The van der Waals surface area contributed by atoms with Crippen molar-refractivity contribution in [3.63, 3.8) is 0 Å². The summed E-state index contributed by atoms with van der Waals surface area (Å²) in [7, 11) is 3.62. The van der Waals surface area contributed by atoms with E-state index in [4.69, 9.17) is 14.1 Å². The fraction of sp³-hybridized carbons (Fsp3) is 0.475. The molecule has 264 valence electrons. The van der Waals surface area contributed by atoms with Crippen LogP contribution in [0.4, 0.5) is 5.88 Å². The van der Waals surface area contributed by atoms with Crippen molar-refractivity contribution >= 4 is 44.8 Å². The van der Waals surface area contributed by atoms with Crippen LogP contribution in [0.3, 0.4) is 0 Å². The molecule has 49 heavy (non-hydrogen) atoms. The first-order valence-corrected chi connectivity index (χ1v) is 18.5. The Labute approximate surface area is 296 Å². The summed E-state index contributed by atoms with van der Waals surface area (Å²) < 4.78 is 12.3. The number of carbonyl (C=O) groups is 1. The van der Waals surface area contributed by atoms with E-state index in [1.807, 2.05) is 52.4 Å². The largest absolute Gasteiger partial charge is 0.439 e. The number of likely N-dealkylation sites (N-methyl/N-ethyl adjacent to an activating group) is 1. The zero-order valence-electron chi connectivity index (χ0n) is 30.7. The van der Waals surface area contributed by atoms with E-state index >= 15 is 0 Å². The van der Waals surface area contributed by atoms with Crippen molar-refractivity contribution in [2.24, 2.45) is 4.99 Å². The van der Waals surface area contributed by atoms with E-state index in [1.54, 1.807) is 11.0 Å². The summed E-state index contributed by atoms with van der Waals surface area (Å²) in [6.45, 7) is 15.2. The number of anilines is 1. The molecule has 0 unspecified atom stereocenters. The van der Waals surface area contributed by atoms with Crippen molar-refractivity contribution in [2.75, 3.05) is 45.3 Å². The minimum atomic E-state index is 0.0177. The Balaban J connectivity index is 0.000000223. The van der Waals surface area contributed by atoms with Gasteiger partial charge in [0.15, 0.2) is 11.5 Å². The number of rotatable bonds is 9. The number of carbonyl (C=O) groups excluding carboxylic acids is 1. The summed E-state index contributed by atoms with van der Waals surface area (Å²) in [5, 5.41) is 2.01. The fourth-order valence-electron chi connectivity index (χ4n) is 6.13. The van der Waals surface area contributed by atoms with Gasteiger partial charge in [-0.05, 0) is 65.0 Å². The lowest BCUT2D eigenvalue weighted by atomic mass is 10.1. The fourth-order valence-corrected chi connectivity index (χ4v) is 7.05. The van der Waals surface area contributed by atoms with Gasteiger partial charge in [-0.15, -0.1) is 11.3 Å². The van der Waals surface area contributed by atoms with Gasteiger partial charge >= 0.3 is 0 Å². The number of hydrogen-bond donors (Lipinski definition) is 0. The number of amidine groups is 1. The van der Waals surface area contributed by atoms with Gasteiger partial charge < -0.3 is 23.9 Å². The summed E-state index contributed by atoms with van der Waals surface area (Å²) in [5.41, 5.74) is 6.84. The number of amides is 1. The van der Waals surface area contributed by atoms with Crippen LogP contribution >= 0.6 is 11.3 Å². The van der Waals surface area contributed by atoms with Crippen LogP contribution in [0, 0.1) is 0 Å². The number of morpholine rings is 1. The number of thiophene rings is 1. The Hall–Kier alpha value is -3.95. The van der Waals surface area contributed by atoms with Crippen molar-refractivity contribution < 1.29 is 13.9 Å². The lowest BCUT2D eigenvalue weighted by Crippen LogP contribution is -2.40. The molecule has 0 N–H and O–H groups in total. The van der Waals surface area contributed by atoms with Crippen LogP contribution in [0.25, 0.3) is 15.9 Å². The van der Waals surface area contributed by atoms with Crippen LogP contribution < -0.4 is 10.3 Å². The monoisotopic (exact) mass is 686 g/mol. The van der Waals surface area contributed by atoms with Crippen molar-refractivity contribution in [3.8, 4) is 0 Å². The third-order valence-electron chi connectivity index (χ3n) is 8.96. The summed E-state index contributed by atoms with van der Waals surface area (Å²) in [4.78, 5) is 36.0. The summed E-state index contributed by atoms with van der Waals surface area (Å²) >= 11 is 1.45. The molecule has 1 amide bonds. The lowest BCUT2D eigenvalue weighted by molar-refractivity contribution is -0.126. The van der Waals surface area contributed by atoms with Crippen LogP contribution in [-0.4, -0.2) is 68.0 Å². The molecule has 9 heteroatoms. The van der Waals surface area contributed by atoms with Gasteiger partial charge in [0.1, 0.15) is 16.2 Å². The maximum absolute atomic E-state index is 12.6. The number of aliphatic imine (C=N–C) groups is 1. The van der Waals surface area contributed by atoms with Gasteiger partial charge in [0.25, 0.3) is 5.91 Å². The molecule has 3 aliphatic rings. The Morgan fingerprint density at radius 2 is 1.82 bits per heavy atom. The highest BCUT2D eigenvalue weighted by Crippen LogP contribution is 2.35. The smallest absolute Gasteiger partial charge is 0.270 e. The van der Waals surface area contributed by atoms with Crippen LogP contribution in [-0.2, 0) is 9.53 Å². The zero-order chi connectivity index (χ0) is 35.5. The summed E-state index contributed by atoms with van der Waals surface area (Å²) in [6, 6.07) is 1.99. The molecule has 4 heterocycles. The average Bonchev–Trinajstić information content (AvgIpc) is 3.86. The standard InChI is InChI=1S/C21H25NO3S.C19H29N3O/c1-4-6-16(8-7-15(3)5-2)17-14-26-21-18(23)13-19(25-20(17)21)22-9-11-24-12-10-22;1-6-10-14(3)20-18-15(7-2)13-17(19(23)21(4)5)22(18)16-11-8-9-12-16/h4,6-8,13-14H,5,9-12H2,1-3H3;7,10,13,16H,6,8-9,11-12H2,1-5H3/b6-4-,15-7+,16-8+;14-10-,15-7-,20-18+. The van der Waals surface area contributed by atoms with Gasteiger partial charge in [-0.3, -0.25) is 9.59 Å². The topological polar surface area (TPSA) is 78.6 Å². The molecule has 1 saturated heterocycles. The predicted octanol–water partition coefficient (Wildman–Crippen LogP) is 8.88. The molecular weight excluding hydrogens is 633 g/mol. The number of allylic oxidation sites excluding steroid dienone is 9. The highest BCUT2D eigenvalue weighted by molar-refractivity contribution is 7.17. The SMILES string of the molecule is C/C=C1/C=C(C(=O)N(C)C)N(C2CCCC2)/C1=N/C(C)=C\CC.C\C=C/C(=C\C=C(/C)CC)c1csc2c(=O)cc(N3CCOCC3)oc12. The zero-order valence-corrected chi connectivity index (χ0v) is 31.5. The van der Waals surface area contributed by atoms with Crippen LogP contribution in [0.1, 0.15) is 85.6 Å².